The van der Waals surface area contributed by atoms with Crippen LogP contribution in [-0.4, -0.2) is 21.1 Å². The lowest BCUT2D eigenvalue weighted by molar-refractivity contribution is 0.160. The first-order valence-electron chi connectivity index (χ1n) is 5.74. The maximum absolute atomic E-state index is 12.8. The van der Waals surface area contributed by atoms with Crippen LogP contribution < -0.4 is 5.32 Å². The number of hydrogen-bond donors (Lipinski definition) is 2. The van der Waals surface area contributed by atoms with Crippen LogP contribution >= 0.6 is 15.9 Å². The molecule has 0 amide bonds. The molecule has 0 aliphatic carbocycles. The second-order valence-corrected chi connectivity index (χ2v) is 5.07. The average molecular weight is 326 g/mol. The average Bonchev–Trinajstić information content (AvgIpc) is 2.41. The lowest BCUT2D eigenvalue weighted by atomic mass is 10.0. The molecule has 2 rings (SSSR count). The molecular weight excluding hydrogens is 313 g/mol. The van der Waals surface area contributed by atoms with Crippen LogP contribution in [0.1, 0.15) is 18.6 Å². The fourth-order valence-corrected chi connectivity index (χ4v) is 1.82. The number of aromatic nitrogens is 2. The summed E-state index contributed by atoms with van der Waals surface area (Å²) in [5.41, 5.74) is 0.638. The number of nitrogens with one attached hydrogen (secondary N) is 1. The number of aliphatic hydroxyl groups is 1. The Labute approximate surface area is 118 Å². The summed E-state index contributed by atoms with van der Waals surface area (Å²) in [6.07, 6.45) is 2.46. The van der Waals surface area contributed by atoms with Gasteiger partial charge >= 0.3 is 0 Å². The predicted octanol–water partition coefficient (Wildman–Crippen LogP) is 2.91. The zero-order valence-electron chi connectivity index (χ0n) is 10.2. The summed E-state index contributed by atoms with van der Waals surface area (Å²) >= 11 is 3.25. The maximum atomic E-state index is 12.8. The molecule has 0 aliphatic heterocycles. The van der Waals surface area contributed by atoms with Gasteiger partial charge in [0.15, 0.2) is 0 Å². The van der Waals surface area contributed by atoms with E-state index < -0.39 is 6.10 Å². The minimum absolute atomic E-state index is 0.299. The minimum atomic E-state index is -0.771. The molecule has 1 aromatic carbocycles. The number of rotatable bonds is 4. The predicted molar refractivity (Wildman–Crippen MR) is 74.2 cm³/mol. The molecule has 100 valence electrons. The van der Waals surface area contributed by atoms with Gasteiger partial charge in [0.25, 0.3) is 0 Å². The van der Waals surface area contributed by atoms with Crippen molar-refractivity contribution >= 4 is 21.9 Å². The van der Waals surface area contributed by atoms with Crippen LogP contribution in [-0.2, 0) is 0 Å². The van der Waals surface area contributed by atoms with Crippen molar-refractivity contribution in [3.05, 3.63) is 52.5 Å². The van der Waals surface area contributed by atoms with Crippen LogP contribution in [0.3, 0.4) is 0 Å². The van der Waals surface area contributed by atoms with E-state index in [1.54, 1.807) is 31.5 Å². The molecule has 0 unspecified atom stereocenters. The number of anilines is 1. The monoisotopic (exact) mass is 325 g/mol. The topological polar surface area (TPSA) is 58.0 Å². The Kier molecular flexibility index (Phi) is 4.44. The molecule has 0 saturated carbocycles. The van der Waals surface area contributed by atoms with Crippen molar-refractivity contribution in [3.63, 3.8) is 0 Å². The summed E-state index contributed by atoms with van der Waals surface area (Å²) in [6, 6.07) is 5.45. The van der Waals surface area contributed by atoms with E-state index in [0.29, 0.717) is 11.5 Å². The van der Waals surface area contributed by atoms with Crippen molar-refractivity contribution in [2.75, 3.05) is 5.32 Å². The molecule has 1 heterocycles. The largest absolute Gasteiger partial charge is 0.386 e. The van der Waals surface area contributed by atoms with E-state index in [1.165, 1.54) is 12.1 Å². The Hall–Kier alpha value is -1.53. The van der Waals surface area contributed by atoms with Gasteiger partial charge in [-0.05, 0) is 40.5 Å². The van der Waals surface area contributed by atoms with Crippen molar-refractivity contribution in [1.29, 1.82) is 0 Å². The zero-order chi connectivity index (χ0) is 13.8. The van der Waals surface area contributed by atoms with Crippen LogP contribution in [0.25, 0.3) is 0 Å². The Bertz CT molecular complexity index is 533. The maximum Gasteiger partial charge on any atom is 0.222 e. The third-order valence-electron chi connectivity index (χ3n) is 2.66. The number of aliphatic hydroxyl groups excluding tert-OH is 1. The SMILES string of the molecule is C[C@H](Nc1ncc(Br)cn1)[C@@H](O)c1ccc(F)cc1. The quantitative estimate of drug-likeness (QED) is 0.907. The van der Waals surface area contributed by atoms with Crippen molar-refractivity contribution in [3.8, 4) is 0 Å². The van der Waals surface area contributed by atoms with Gasteiger partial charge in [-0.25, -0.2) is 14.4 Å². The summed E-state index contributed by atoms with van der Waals surface area (Å²) in [5, 5.41) is 13.1. The summed E-state index contributed by atoms with van der Waals surface area (Å²) in [6.45, 7) is 1.80. The second-order valence-electron chi connectivity index (χ2n) is 4.15. The molecule has 0 saturated heterocycles. The molecule has 2 aromatic rings. The van der Waals surface area contributed by atoms with Crippen molar-refractivity contribution in [1.82, 2.24) is 9.97 Å². The molecule has 2 N–H and O–H groups in total. The Morgan fingerprint density at radius 2 is 1.79 bits per heavy atom. The molecule has 0 bridgehead atoms. The highest BCUT2D eigenvalue weighted by molar-refractivity contribution is 9.10. The normalized spacial score (nSPS) is 13.9. The van der Waals surface area contributed by atoms with E-state index in [-0.39, 0.29) is 11.9 Å². The standard InChI is InChI=1S/C13H13BrFN3O/c1-8(18-13-16-6-10(14)7-17-13)12(19)9-2-4-11(15)5-3-9/h2-8,12,19H,1H3,(H,16,17,18)/t8-,12+/m0/s1. The van der Waals surface area contributed by atoms with Crippen molar-refractivity contribution in [2.45, 2.75) is 19.1 Å². The Morgan fingerprint density at radius 1 is 1.21 bits per heavy atom. The van der Waals surface area contributed by atoms with E-state index in [0.717, 1.165) is 4.47 Å². The van der Waals surface area contributed by atoms with Crippen LogP contribution in [0.2, 0.25) is 0 Å². The Balaban J connectivity index is 2.04. The number of hydrogen-bond acceptors (Lipinski definition) is 4. The van der Waals surface area contributed by atoms with Gasteiger partial charge in [-0.1, -0.05) is 12.1 Å². The highest BCUT2D eigenvalue weighted by Crippen LogP contribution is 2.19. The molecule has 1 aromatic heterocycles. The van der Waals surface area contributed by atoms with Gasteiger partial charge in [0.1, 0.15) is 5.82 Å². The molecule has 0 aliphatic rings. The molecule has 4 nitrogen and oxygen atoms in total. The summed E-state index contributed by atoms with van der Waals surface area (Å²) in [4.78, 5) is 8.14. The first-order valence-corrected chi connectivity index (χ1v) is 6.53. The molecule has 2 atom stereocenters. The number of benzene rings is 1. The van der Waals surface area contributed by atoms with E-state index in [9.17, 15) is 9.50 Å². The summed E-state index contributed by atoms with van der Waals surface area (Å²) < 4.78 is 13.6. The van der Waals surface area contributed by atoms with E-state index in [2.05, 4.69) is 31.2 Å². The summed E-state index contributed by atoms with van der Waals surface area (Å²) in [7, 11) is 0. The van der Waals surface area contributed by atoms with Gasteiger partial charge in [0, 0.05) is 12.4 Å². The summed E-state index contributed by atoms with van der Waals surface area (Å²) in [5.74, 6) is 0.102. The van der Waals surface area contributed by atoms with E-state index >= 15 is 0 Å². The van der Waals surface area contributed by atoms with Crippen molar-refractivity contribution < 1.29 is 9.50 Å². The molecule has 0 radical (unpaired) electrons. The van der Waals surface area contributed by atoms with Crippen molar-refractivity contribution in [2.24, 2.45) is 0 Å². The number of halogens is 2. The molecule has 6 heteroatoms. The first-order chi connectivity index (χ1) is 9.06. The third-order valence-corrected chi connectivity index (χ3v) is 3.07. The van der Waals surface area contributed by atoms with Gasteiger partial charge in [-0.2, -0.15) is 0 Å². The Morgan fingerprint density at radius 3 is 2.37 bits per heavy atom. The zero-order valence-corrected chi connectivity index (χ0v) is 11.8. The van der Waals surface area contributed by atoms with Crippen LogP contribution in [0, 0.1) is 5.82 Å². The van der Waals surface area contributed by atoms with Crippen LogP contribution in [0.4, 0.5) is 10.3 Å². The molecule has 19 heavy (non-hydrogen) atoms. The fourth-order valence-electron chi connectivity index (χ4n) is 1.62. The highest BCUT2D eigenvalue weighted by atomic mass is 79.9. The van der Waals surface area contributed by atoms with Gasteiger partial charge in [0.2, 0.25) is 5.95 Å². The number of nitrogens with zero attached hydrogens (tertiary/aromatic N) is 2. The minimum Gasteiger partial charge on any atom is -0.386 e. The van der Waals surface area contributed by atoms with Gasteiger partial charge in [-0.3, -0.25) is 0 Å². The lowest BCUT2D eigenvalue weighted by Crippen LogP contribution is -2.25. The van der Waals surface area contributed by atoms with Crippen LogP contribution in [0.15, 0.2) is 41.1 Å². The van der Waals surface area contributed by atoms with Gasteiger partial charge in [0.05, 0.1) is 16.6 Å². The van der Waals surface area contributed by atoms with E-state index in [4.69, 9.17) is 0 Å². The third kappa shape index (κ3) is 3.71. The van der Waals surface area contributed by atoms with Gasteiger partial charge in [-0.15, -0.1) is 0 Å². The van der Waals surface area contributed by atoms with Gasteiger partial charge < -0.3 is 10.4 Å². The van der Waals surface area contributed by atoms with E-state index in [1.807, 2.05) is 0 Å². The fraction of sp³-hybridized carbons (Fsp3) is 0.231. The molecular formula is C13H13BrFN3O. The smallest absolute Gasteiger partial charge is 0.222 e. The van der Waals surface area contributed by atoms with Crippen LogP contribution in [0.5, 0.6) is 0 Å². The molecule has 0 fully saturated rings. The second kappa shape index (κ2) is 6.08. The molecule has 0 spiro atoms. The lowest BCUT2D eigenvalue weighted by Gasteiger charge is -2.20. The highest BCUT2D eigenvalue weighted by Gasteiger charge is 2.17. The first kappa shape index (κ1) is 13.9.